The summed E-state index contributed by atoms with van der Waals surface area (Å²) in [6, 6.07) is 4.96. The fraction of sp³-hybridized carbons (Fsp3) is 0.364. The summed E-state index contributed by atoms with van der Waals surface area (Å²) < 4.78 is 40.7. The number of rotatable bonds is 14. The third-order valence-corrected chi connectivity index (χ3v) is 6.62. The van der Waals surface area contributed by atoms with E-state index in [9.17, 15) is 27.9 Å². The van der Waals surface area contributed by atoms with Crippen molar-refractivity contribution >= 4 is 56.2 Å². The first-order chi connectivity index (χ1) is 19.6. The van der Waals surface area contributed by atoms with Gasteiger partial charge in [-0.15, -0.1) is 15.6 Å². The quantitative estimate of drug-likeness (QED) is 0.0456. The summed E-state index contributed by atoms with van der Waals surface area (Å²) in [6.07, 6.45) is -1.69. The molecule has 1 aromatic heterocycles. The van der Waals surface area contributed by atoms with Crippen LogP contribution in [-0.2, 0) is 33.9 Å². The number of carbonyl (C=O) groups is 3. The summed E-state index contributed by atoms with van der Waals surface area (Å²) in [4.78, 5) is 50.5. The normalized spacial score (nSPS) is 17.8. The average Bonchev–Trinajstić information content (AvgIpc) is 3.35. The Bertz CT molecular complexity index is 1490. The maximum Gasteiger partial charge on any atom is 0.418 e. The molecule has 228 valence electrons. The minimum Gasteiger partial charge on any atom is -0.489 e. The highest BCUT2D eigenvalue weighted by atomic mass is 32.3. The van der Waals surface area contributed by atoms with Crippen LogP contribution < -0.4 is 27.3 Å². The number of carboxylic acid groups (broad SMARTS) is 1. The van der Waals surface area contributed by atoms with E-state index in [1.165, 1.54) is 31.4 Å². The van der Waals surface area contributed by atoms with E-state index in [1.54, 1.807) is 12.1 Å². The highest BCUT2D eigenvalue weighted by Gasteiger charge is 2.58. The van der Waals surface area contributed by atoms with Crippen LogP contribution in [0.5, 0.6) is 5.75 Å². The van der Waals surface area contributed by atoms with E-state index in [1.807, 2.05) is 0 Å². The topological polar surface area (TPSA) is 284 Å². The number of carbonyl (C=O) groups excluding carboxylic acids is 2. The Balaban J connectivity index is 1.74. The predicted octanol–water partition coefficient (Wildman–Crippen LogP) is -1.52. The molecular formula is C22H28N8O10S2. The predicted molar refractivity (Wildman–Crippen MR) is 148 cm³/mol. The number of thiazole rings is 1. The number of nitrogens with zero attached hydrogens (tertiary/aromatic N) is 4. The molecule has 20 heteroatoms. The number of nitrogen functional groups attached to an aromatic ring is 1. The molecule has 9 N–H and O–H groups in total. The number of nitrogens with one attached hydrogen (secondary N) is 1. The Morgan fingerprint density at radius 1 is 1.29 bits per heavy atom. The van der Waals surface area contributed by atoms with Gasteiger partial charge in [0.05, 0.1) is 12.1 Å². The number of β-lactam (4-membered cyclic amide) rings is 1. The van der Waals surface area contributed by atoms with Crippen LogP contribution in [0.15, 0.2) is 39.8 Å². The summed E-state index contributed by atoms with van der Waals surface area (Å²) in [6.45, 7) is 2.86. The van der Waals surface area contributed by atoms with Crippen molar-refractivity contribution in [1.29, 1.82) is 0 Å². The van der Waals surface area contributed by atoms with Crippen LogP contribution in [-0.4, -0.2) is 94.8 Å². The van der Waals surface area contributed by atoms with Crippen molar-refractivity contribution in [2.75, 3.05) is 25.4 Å². The molecule has 1 aromatic carbocycles. The number of carboxylic acids is 1. The first-order valence-electron chi connectivity index (χ1n) is 11.9. The van der Waals surface area contributed by atoms with E-state index in [4.69, 9.17) is 31.3 Å². The Morgan fingerprint density at radius 3 is 2.48 bits per heavy atom. The van der Waals surface area contributed by atoms with Crippen molar-refractivity contribution in [2.45, 2.75) is 31.5 Å². The number of hydrogen-bond acceptors (Lipinski definition) is 14. The number of ether oxygens (including phenoxy) is 1. The van der Waals surface area contributed by atoms with E-state index in [0.29, 0.717) is 23.7 Å². The van der Waals surface area contributed by atoms with Crippen LogP contribution in [0.3, 0.4) is 0 Å². The molecule has 0 aliphatic carbocycles. The van der Waals surface area contributed by atoms with Crippen molar-refractivity contribution in [3.63, 3.8) is 0 Å². The Kier molecular flexibility index (Phi) is 10.0. The fourth-order valence-corrected chi connectivity index (χ4v) is 4.46. The molecule has 1 unspecified atom stereocenters. The number of amides is 2. The minimum atomic E-state index is -5.01. The molecule has 0 saturated carbocycles. The Labute approximate surface area is 243 Å². The molecule has 2 aromatic rings. The van der Waals surface area contributed by atoms with Gasteiger partial charge in [-0.2, -0.15) is 13.5 Å². The van der Waals surface area contributed by atoms with Crippen LogP contribution in [0.4, 0.5) is 5.13 Å². The molecule has 1 aliphatic heterocycles. The maximum atomic E-state index is 13.1. The number of hydroxylamine groups is 2. The molecule has 3 rings (SSSR count). The highest BCUT2D eigenvalue weighted by Crippen LogP contribution is 2.33. The zero-order valence-electron chi connectivity index (χ0n) is 22.2. The van der Waals surface area contributed by atoms with Gasteiger partial charge in [0.15, 0.2) is 10.8 Å². The summed E-state index contributed by atoms with van der Waals surface area (Å²) >= 11 is 0.947. The van der Waals surface area contributed by atoms with Gasteiger partial charge in [0.2, 0.25) is 0 Å². The Morgan fingerprint density at radius 2 is 1.95 bits per heavy atom. The third kappa shape index (κ3) is 7.88. The van der Waals surface area contributed by atoms with Crippen LogP contribution in [0.2, 0.25) is 0 Å². The number of nitrogens with two attached hydrogens (primary N) is 3. The highest BCUT2D eigenvalue weighted by molar-refractivity contribution is 7.80. The van der Waals surface area contributed by atoms with Crippen molar-refractivity contribution < 1.29 is 46.3 Å². The van der Waals surface area contributed by atoms with Gasteiger partial charge >= 0.3 is 16.4 Å². The molecule has 2 heterocycles. The third-order valence-electron chi connectivity index (χ3n) is 5.61. The maximum absolute atomic E-state index is 13.1. The summed E-state index contributed by atoms with van der Waals surface area (Å²) in [5, 5.41) is 17.4. The van der Waals surface area contributed by atoms with Gasteiger partial charge in [0.1, 0.15) is 29.9 Å². The van der Waals surface area contributed by atoms with E-state index < -0.39 is 58.2 Å². The van der Waals surface area contributed by atoms with Gasteiger partial charge < -0.3 is 37.2 Å². The molecular weight excluding hydrogens is 600 g/mol. The van der Waals surface area contributed by atoms with Gasteiger partial charge in [-0.25, -0.2) is 9.78 Å². The molecule has 0 bridgehead atoms. The second kappa shape index (κ2) is 13.1. The number of aliphatic carboxylic acids is 1. The number of aromatic nitrogens is 1. The summed E-state index contributed by atoms with van der Waals surface area (Å²) in [5.74, 6) is -2.96. The van der Waals surface area contributed by atoms with Crippen LogP contribution in [0.1, 0.15) is 25.1 Å². The lowest BCUT2D eigenvalue weighted by molar-refractivity contribution is -0.218. The van der Waals surface area contributed by atoms with Crippen LogP contribution in [0, 0.1) is 0 Å². The largest absolute Gasteiger partial charge is 0.489 e. The summed E-state index contributed by atoms with van der Waals surface area (Å²) in [7, 11) is -5.01. The van der Waals surface area contributed by atoms with Crippen molar-refractivity contribution in [3.05, 3.63) is 40.9 Å². The van der Waals surface area contributed by atoms with Gasteiger partial charge in [-0.05, 0) is 38.1 Å². The number of anilines is 1. The monoisotopic (exact) mass is 628 g/mol. The van der Waals surface area contributed by atoms with Gasteiger partial charge in [0, 0.05) is 17.5 Å². The molecule has 42 heavy (non-hydrogen) atoms. The number of aliphatic imine (C=N–C) groups is 1. The molecule has 0 radical (unpaired) electrons. The molecule has 2 atom stereocenters. The standard InChI is InChI=1S/C22H28N8O10S2/c1-22(2)16(19(32)30(22)40-42(35,36)37)28-18(31)15(13-10-41-21(25)27-13)29-39-14(20(33)34)9-38-12-5-3-11(4-6-12)17(24)26-8-7-23/h3-6,10,14,16H,7-9,23H2,1-2H3,(H2,24,26)(H2,25,27)(H,28,31)(H,33,34)(H,35,36,37)/b29-15-/t14?,16-/m1/s1. The molecule has 18 nitrogen and oxygen atoms in total. The SMILES string of the molecule is CC1(C)[C@H](NC(=O)/C(=N\OC(COc2ccc(C(N)=NCCN)cc2)C(=O)O)c2csc(N)n2)C(=O)N1OS(=O)(=O)O. The minimum absolute atomic E-state index is 0.0496. The lowest BCUT2D eigenvalue weighted by Crippen LogP contribution is -2.76. The van der Waals surface area contributed by atoms with Gasteiger partial charge in [-0.1, -0.05) is 5.16 Å². The lowest BCUT2D eigenvalue weighted by Gasteiger charge is -2.50. The first-order valence-corrected chi connectivity index (χ1v) is 14.1. The van der Waals surface area contributed by atoms with E-state index in [0.717, 1.165) is 11.3 Å². The lowest BCUT2D eigenvalue weighted by atomic mass is 9.84. The van der Waals surface area contributed by atoms with E-state index in [2.05, 4.69) is 24.7 Å². The number of amidine groups is 1. The molecule has 1 saturated heterocycles. The number of benzene rings is 1. The zero-order chi connectivity index (χ0) is 31.2. The van der Waals surface area contributed by atoms with E-state index in [-0.39, 0.29) is 22.4 Å². The van der Waals surface area contributed by atoms with Crippen molar-refractivity contribution in [3.8, 4) is 5.75 Å². The van der Waals surface area contributed by atoms with Crippen molar-refractivity contribution in [1.82, 2.24) is 15.4 Å². The van der Waals surface area contributed by atoms with Crippen LogP contribution in [0.25, 0.3) is 0 Å². The molecule has 1 fully saturated rings. The fourth-order valence-electron chi connectivity index (χ4n) is 3.45. The van der Waals surface area contributed by atoms with Gasteiger partial charge in [0.25, 0.3) is 17.9 Å². The van der Waals surface area contributed by atoms with Gasteiger partial charge in [-0.3, -0.25) is 19.1 Å². The smallest absolute Gasteiger partial charge is 0.418 e. The molecule has 1 aliphatic rings. The number of hydrogen-bond donors (Lipinski definition) is 6. The first kappa shape index (κ1) is 32.1. The van der Waals surface area contributed by atoms with E-state index >= 15 is 0 Å². The molecule has 2 amide bonds. The second-order valence-electron chi connectivity index (χ2n) is 9.03. The zero-order valence-corrected chi connectivity index (χ0v) is 23.8. The van der Waals surface area contributed by atoms with Crippen molar-refractivity contribution in [2.24, 2.45) is 21.6 Å². The second-order valence-corrected chi connectivity index (χ2v) is 10.9. The van der Waals surface area contributed by atoms with Crippen LogP contribution >= 0.6 is 11.3 Å². The molecule has 0 spiro atoms. The summed E-state index contributed by atoms with van der Waals surface area (Å²) in [5.41, 5.74) is 15.5. The average molecular weight is 629 g/mol. The Hall–Kier alpha value is -4.37. The number of oxime groups is 1.